The maximum Gasteiger partial charge on any atom is 0.263 e. The molecule has 0 aliphatic carbocycles. The number of hydrogen-bond donors (Lipinski definition) is 2. The van der Waals surface area contributed by atoms with Crippen LogP contribution in [-0.2, 0) is 11.3 Å². The van der Waals surface area contributed by atoms with Crippen molar-refractivity contribution < 1.29 is 14.6 Å². The number of hydrazone groups is 1. The molecule has 144 valence electrons. The van der Waals surface area contributed by atoms with Crippen LogP contribution in [0.1, 0.15) is 12.5 Å². The van der Waals surface area contributed by atoms with Crippen molar-refractivity contribution in [3.05, 3.63) is 51.6 Å². The van der Waals surface area contributed by atoms with E-state index in [0.29, 0.717) is 27.3 Å². The number of ether oxygens (including phenoxy) is 1. The molecule has 28 heavy (non-hydrogen) atoms. The summed E-state index contributed by atoms with van der Waals surface area (Å²) in [4.78, 5) is 13.2. The highest BCUT2D eigenvalue weighted by molar-refractivity contribution is 14.1. The molecule has 9 nitrogen and oxygen atoms in total. The minimum atomic E-state index is -0.397. The normalized spacial score (nSPS) is 10.9. The molecule has 0 fully saturated rings. The van der Waals surface area contributed by atoms with Gasteiger partial charge in [0.25, 0.3) is 5.91 Å². The predicted molar refractivity (Wildman–Crippen MR) is 111 cm³/mol. The molecule has 1 heterocycles. The summed E-state index contributed by atoms with van der Waals surface area (Å²) >= 11 is 2.00. The lowest BCUT2D eigenvalue weighted by atomic mass is 10.2. The minimum Gasteiger partial charge on any atom is -0.504 e. The highest BCUT2D eigenvalue weighted by atomic mass is 127. The molecule has 2 N–H and O–H groups in total. The first-order valence-corrected chi connectivity index (χ1v) is 9.45. The Balaban J connectivity index is 1.60. The van der Waals surface area contributed by atoms with E-state index in [1.54, 1.807) is 12.1 Å². The molecular formula is C18H17IN6O3. The summed E-state index contributed by atoms with van der Waals surface area (Å²) < 4.78 is 5.99. The summed E-state index contributed by atoms with van der Waals surface area (Å²) in [6.07, 6.45) is 1.46. The lowest BCUT2D eigenvalue weighted by molar-refractivity contribution is -0.122. The second-order valence-electron chi connectivity index (χ2n) is 5.59. The number of benzene rings is 2. The van der Waals surface area contributed by atoms with E-state index >= 15 is 0 Å². The highest BCUT2D eigenvalue weighted by Gasteiger charge is 2.10. The summed E-state index contributed by atoms with van der Waals surface area (Å²) in [6.45, 7) is 2.14. The summed E-state index contributed by atoms with van der Waals surface area (Å²) in [7, 11) is 0. The van der Waals surface area contributed by atoms with Crippen LogP contribution in [0.4, 0.5) is 0 Å². The van der Waals surface area contributed by atoms with Crippen molar-refractivity contribution in [2.45, 2.75) is 13.5 Å². The Kier molecular flexibility index (Phi) is 6.53. The van der Waals surface area contributed by atoms with Crippen molar-refractivity contribution in [3.63, 3.8) is 0 Å². The zero-order valence-corrected chi connectivity index (χ0v) is 17.1. The molecule has 0 spiro atoms. The van der Waals surface area contributed by atoms with Gasteiger partial charge < -0.3 is 9.84 Å². The van der Waals surface area contributed by atoms with E-state index in [1.165, 1.54) is 11.0 Å². The molecule has 0 bridgehead atoms. The number of aromatic nitrogens is 4. The zero-order valence-electron chi connectivity index (χ0n) is 14.9. The Morgan fingerprint density at radius 2 is 2.14 bits per heavy atom. The van der Waals surface area contributed by atoms with Crippen molar-refractivity contribution in [1.29, 1.82) is 0 Å². The number of phenolic OH excluding ortho intramolecular Hbond substituents is 1. The average molecular weight is 492 g/mol. The number of rotatable bonds is 7. The van der Waals surface area contributed by atoms with Gasteiger partial charge in [-0.05, 0) is 52.4 Å². The van der Waals surface area contributed by atoms with Gasteiger partial charge in [0, 0.05) is 5.56 Å². The molecule has 0 radical (unpaired) electrons. The van der Waals surface area contributed by atoms with Gasteiger partial charge >= 0.3 is 0 Å². The summed E-state index contributed by atoms with van der Waals surface area (Å²) in [5.74, 6) is 0.489. The van der Waals surface area contributed by atoms with Crippen molar-refractivity contribution in [2.75, 3.05) is 6.61 Å². The first-order chi connectivity index (χ1) is 13.6. The SMILES string of the molecule is CCOc1cc(C=NNC(=O)Cn2nnc(-c3ccccc3)n2)cc(I)c1O. The number of carbonyl (C=O) groups is 1. The average Bonchev–Trinajstić information content (AvgIpc) is 3.15. The van der Waals surface area contributed by atoms with Gasteiger partial charge in [-0.2, -0.15) is 9.90 Å². The van der Waals surface area contributed by atoms with Gasteiger partial charge in [-0.1, -0.05) is 30.3 Å². The smallest absolute Gasteiger partial charge is 0.263 e. The largest absolute Gasteiger partial charge is 0.504 e. The third kappa shape index (κ3) is 5.03. The number of carbonyl (C=O) groups excluding carboxylic acids is 1. The summed E-state index contributed by atoms with van der Waals surface area (Å²) in [5, 5.41) is 25.8. The van der Waals surface area contributed by atoms with E-state index in [9.17, 15) is 9.90 Å². The Bertz CT molecular complexity index is 990. The van der Waals surface area contributed by atoms with E-state index in [4.69, 9.17) is 4.74 Å². The number of tetrazole rings is 1. The monoisotopic (exact) mass is 492 g/mol. The maximum atomic E-state index is 12.0. The highest BCUT2D eigenvalue weighted by Crippen LogP contribution is 2.32. The number of hydrogen-bond acceptors (Lipinski definition) is 7. The van der Waals surface area contributed by atoms with Crippen molar-refractivity contribution in [1.82, 2.24) is 25.6 Å². The number of halogens is 1. The van der Waals surface area contributed by atoms with Crippen LogP contribution in [0.3, 0.4) is 0 Å². The van der Waals surface area contributed by atoms with Crippen LogP contribution >= 0.6 is 22.6 Å². The Morgan fingerprint density at radius 1 is 1.36 bits per heavy atom. The lowest BCUT2D eigenvalue weighted by Gasteiger charge is -2.08. The first kappa shape index (κ1) is 19.7. The fourth-order valence-corrected chi connectivity index (χ4v) is 2.91. The topological polar surface area (TPSA) is 115 Å². The molecule has 0 unspecified atom stereocenters. The number of nitrogens with zero attached hydrogens (tertiary/aromatic N) is 5. The third-order valence-corrected chi connectivity index (χ3v) is 4.35. The molecular weight excluding hydrogens is 475 g/mol. The van der Waals surface area contributed by atoms with Crippen LogP contribution in [0.15, 0.2) is 47.6 Å². The molecule has 10 heteroatoms. The summed E-state index contributed by atoms with van der Waals surface area (Å²) in [6, 6.07) is 12.7. The van der Waals surface area contributed by atoms with Gasteiger partial charge in [0.05, 0.1) is 16.4 Å². The third-order valence-electron chi connectivity index (χ3n) is 3.52. The molecule has 0 saturated carbocycles. The van der Waals surface area contributed by atoms with Gasteiger partial charge in [0.2, 0.25) is 5.82 Å². The van der Waals surface area contributed by atoms with Crippen LogP contribution in [0.25, 0.3) is 11.4 Å². The van der Waals surface area contributed by atoms with Crippen molar-refractivity contribution in [2.24, 2.45) is 5.10 Å². The molecule has 3 rings (SSSR count). The van der Waals surface area contributed by atoms with E-state index in [-0.39, 0.29) is 12.3 Å². The molecule has 1 amide bonds. The maximum absolute atomic E-state index is 12.0. The number of amides is 1. The Morgan fingerprint density at radius 3 is 2.89 bits per heavy atom. The van der Waals surface area contributed by atoms with Crippen LogP contribution < -0.4 is 10.2 Å². The van der Waals surface area contributed by atoms with Crippen LogP contribution in [0.5, 0.6) is 11.5 Å². The fraction of sp³-hybridized carbons (Fsp3) is 0.167. The van der Waals surface area contributed by atoms with Gasteiger partial charge in [-0.3, -0.25) is 4.79 Å². The standard InChI is InChI=1S/C18H17IN6O3/c1-2-28-15-9-12(8-14(19)17(15)27)10-20-21-16(26)11-25-23-18(22-24-25)13-6-4-3-5-7-13/h3-10,27H,2,11H2,1H3,(H,21,26). The van der Waals surface area contributed by atoms with Gasteiger partial charge in [-0.15, -0.1) is 10.2 Å². The van der Waals surface area contributed by atoms with E-state index < -0.39 is 5.91 Å². The zero-order chi connectivity index (χ0) is 19.9. The van der Waals surface area contributed by atoms with Crippen LogP contribution in [0.2, 0.25) is 0 Å². The second kappa shape index (κ2) is 9.26. The molecule has 1 aromatic heterocycles. The van der Waals surface area contributed by atoms with E-state index in [0.717, 1.165) is 5.56 Å². The van der Waals surface area contributed by atoms with Crippen LogP contribution in [0, 0.1) is 3.57 Å². The Labute approximate surface area is 174 Å². The first-order valence-electron chi connectivity index (χ1n) is 8.37. The van der Waals surface area contributed by atoms with Gasteiger partial charge in [-0.25, -0.2) is 5.43 Å². The van der Waals surface area contributed by atoms with Gasteiger partial charge in [0.15, 0.2) is 11.5 Å². The quantitative estimate of drug-likeness (QED) is 0.297. The van der Waals surface area contributed by atoms with Crippen molar-refractivity contribution >= 4 is 34.7 Å². The molecule has 0 aliphatic heterocycles. The second-order valence-corrected chi connectivity index (χ2v) is 6.75. The van der Waals surface area contributed by atoms with Crippen LogP contribution in [-0.4, -0.2) is 44.0 Å². The van der Waals surface area contributed by atoms with E-state index in [1.807, 2.05) is 59.8 Å². The van der Waals surface area contributed by atoms with E-state index in [2.05, 4.69) is 25.9 Å². The molecule has 0 aliphatic rings. The fourth-order valence-electron chi connectivity index (χ4n) is 2.29. The number of aromatic hydroxyl groups is 1. The predicted octanol–water partition coefficient (Wildman–Crippen LogP) is 2.20. The molecule has 2 aromatic carbocycles. The Hall–Kier alpha value is -3.02. The molecule has 0 saturated heterocycles. The lowest BCUT2D eigenvalue weighted by Crippen LogP contribution is -2.24. The number of phenols is 1. The number of nitrogens with one attached hydrogen (secondary N) is 1. The molecule has 0 atom stereocenters. The molecule has 3 aromatic rings. The minimum absolute atomic E-state index is 0.0788. The van der Waals surface area contributed by atoms with Gasteiger partial charge in [0.1, 0.15) is 6.54 Å². The summed E-state index contributed by atoms with van der Waals surface area (Å²) in [5.41, 5.74) is 3.91. The van der Waals surface area contributed by atoms with Crippen molar-refractivity contribution in [3.8, 4) is 22.9 Å².